The van der Waals surface area contributed by atoms with Crippen molar-refractivity contribution in [2.75, 3.05) is 30.9 Å². The summed E-state index contributed by atoms with van der Waals surface area (Å²) < 4.78 is 5.57. The molecule has 0 saturated heterocycles. The third-order valence-corrected chi connectivity index (χ3v) is 3.53. The van der Waals surface area contributed by atoms with Crippen LogP contribution in [0.15, 0.2) is 18.2 Å². The highest BCUT2D eigenvalue weighted by Gasteiger charge is 2.29. The molecule has 0 aromatic heterocycles. The molecule has 0 radical (unpaired) electrons. The molecule has 1 aliphatic rings. The molecule has 1 saturated carbocycles. The van der Waals surface area contributed by atoms with Crippen LogP contribution in [-0.2, 0) is 4.74 Å². The van der Waals surface area contributed by atoms with Crippen LogP contribution < -0.4 is 10.2 Å². The average molecular weight is 269 g/mol. The lowest BCUT2D eigenvalue weighted by atomic mass is 9.89. The second kappa shape index (κ2) is 5.81. The third-order valence-electron chi connectivity index (χ3n) is 3.30. The fourth-order valence-electron chi connectivity index (χ4n) is 2.29. The van der Waals surface area contributed by atoms with Gasteiger partial charge in [-0.15, -0.1) is 0 Å². The van der Waals surface area contributed by atoms with E-state index in [4.69, 9.17) is 16.3 Å². The maximum absolute atomic E-state index is 6.06. The number of ether oxygens (including phenoxy) is 1. The molecule has 0 unspecified atom stereocenters. The molecule has 1 aromatic carbocycles. The van der Waals surface area contributed by atoms with Crippen LogP contribution in [0.5, 0.6) is 0 Å². The van der Waals surface area contributed by atoms with Gasteiger partial charge in [-0.05, 0) is 38.0 Å². The summed E-state index contributed by atoms with van der Waals surface area (Å²) in [6.45, 7) is 2.85. The number of hydrogen-bond donors (Lipinski definition) is 1. The smallest absolute Gasteiger partial charge is 0.0614 e. The Morgan fingerprint density at radius 2 is 2.11 bits per heavy atom. The van der Waals surface area contributed by atoms with Crippen LogP contribution in [0.3, 0.4) is 0 Å². The van der Waals surface area contributed by atoms with Gasteiger partial charge in [0.15, 0.2) is 0 Å². The van der Waals surface area contributed by atoms with Gasteiger partial charge in [-0.3, -0.25) is 0 Å². The summed E-state index contributed by atoms with van der Waals surface area (Å²) in [4.78, 5) is 2.09. The zero-order chi connectivity index (χ0) is 13.1. The number of rotatable bonds is 5. The summed E-state index contributed by atoms with van der Waals surface area (Å²) in [5.74, 6) is 0. The van der Waals surface area contributed by atoms with Gasteiger partial charge in [-0.25, -0.2) is 0 Å². The molecule has 4 heteroatoms. The quantitative estimate of drug-likeness (QED) is 0.886. The molecule has 1 aliphatic carbocycles. The van der Waals surface area contributed by atoms with Crippen molar-refractivity contribution >= 4 is 23.0 Å². The van der Waals surface area contributed by atoms with Crippen molar-refractivity contribution in [2.24, 2.45) is 0 Å². The van der Waals surface area contributed by atoms with E-state index in [2.05, 4.69) is 10.2 Å². The lowest BCUT2D eigenvalue weighted by Gasteiger charge is -2.36. The van der Waals surface area contributed by atoms with Crippen LogP contribution in [0.4, 0.5) is 11.4 Å². The van der Waals surface area contributed by atoms with Gasteiger partial charge < -0.3 is 15.0 Å². The third kappa shape index (κ3) is 3.09. The first kappa shape index (κ1) is 13.5. The maximum atomic E-state index is 6.06. The second-order valence-corrected chi connectivity index (χ2v) is 5.38. The van der Waals surface area contributed by atoms with Gasteiger partial charge in [-0.2, -0.15) is 0 Å². The minimum Gasteiger partial charge on any atom is -0.380 e. The van der Waals surface area contributed by atoms with Crippen LogP contribution in [0.1, 0.15) is 19.8 Å². The van der Waals surface area contributed by atoms with Crippen molar-refractivity contribution in [2.45, 2.75) is 31.9 Å². The molecule has 18 heavy (non-hydrogen) atoms. The number of hydrogen-bond acceptors (Lipinski definition) is 3. The van der Waals surface area contributed by atoms with Crippen molar-refractivity contribution in [3.63, 3.8) is 0 Å². The van der Waals surface area contributed by atoms with Crippen molar-refractivity contribution in [1.82, 2.24) is 0 Å². The molecule has 0 amide bonds. The van der Waals surface area contributed by atoms with Crippen molar-refractivity contribution in [3.05, 3.63) is 23.2 Å². The molecular weight excluding hydrogens is 248 g/mol. The Bertz CT molecular complexity index is 403. The Morgan fingerprint density at radius 1 is 1.39 bits per heavy atom. The first-order valence-electron chi connectivity index (χ1n) is 6.45. The lowest BCUT2D eigenvalue weighted by Crippen LogP contribution is -2.41. The summed E-state index contributed by atoms with van der Waals surface area (Å²) in [5.41, 5.74) is 2.27. The summed E-state index contributed by atoms with van der Waals surface area (Å²) in [6.07, 6.45) is 2.58. The SMILES string of the molecule is CCOC1CC(Nc2cc(Cl)ccc2N(C)C)C1. The Hall–Kier alpha value is -0.930. The first-order valence-corrected chi connectivity index (χ1v) is 6.83. The Balaban J connectivity index is 1.99. The number of anilines is 2. The maximum Gasteiger partial charge on any atom is 0.0614 e. The van der Waals surface area contributed by atoms with Gasteiger partial charge in [0.25, 0.3) is 0 Å². The van der Waals surface area contributed by atoms with E-state index in [1.54, 1.807) is 0 Å². The normalized spacial score (nSPS) is 22.4. The van der Waals surface area contributed by atoms with Gasteiger partial charge in [0.2, 0.25) is 0 Å². The standard InChI is InChI=1S/C14H21ClN2O/c1-4-18-12-8-11(9-12)16-13-7-10(15)5-6-14(13)17(2)3/h5-7,11-12,16H,4,8-9H2,1-3H3. The highest BCUT2D eigenvalue weighted by Crippen LogP contribution is 2.33. The zero-order valence-electron chi connectivity index (χ0n) is 11.2. The van der Waals surface area contributed by atoms with Gasteiger partial charge in [0, 0.05) is 31.8 Å². The number of halogens is 1. The van der Waals surface area contributed by atoms with Gasteiger partial charge in [0.05, 0.1) is 17.5 Å². The molecule has 1 N–H and O–H groups in total. The van der Waals surface area contributed by atoms with E-state index in [1.807, 2.05) is 39.2 Å². The van der Waals surface area contributed by atoms with Crippen LogP contribution in [-0.4, -0.2) is 32.8 Å². The van der Waals surface area contributed by atoms with E-state index in [0.29, 0.717) is 12.1 Å². The molecule has 1 aromatic rings. The Morgan fingerprint density at radius 3 is 2.72 bits per heavy atom. The Kier molecular flexibility index (Phi) is 4.36. The van der Waals surface area contributed by atoms with Crippen molar-refractivity contribution < 1.29 is 4.74 Å². The van der Waals surface area contributed by atoms with Gasteiger partial charge in [-0.1, -0.05) is 11.6 Å². The summed E-state index contributed by atoms with van der Waals surface area (Å²) in [7, 11) is 4.08. The number of nitrogens with one attached hydrogen (secondary N) is 1. The Labute approximate surface area is 114 Å². The second-order valence-electron chi connectivity index (χ2n) is 4.95. The van der Waals surface area contributed by atoms with E-state index in [-0.39, 0.29) is 0 Å². The van der Waals surface area contributed by atoms with E-state index in [1.165, 1.54) is 5.69 Å². The predicted molar refractivity (Wildman–Crippen MR) is 77.8 cm³/mol. The van der Waals surface area contributed by atoms with Crippen molar-refractivity contribution in [1.29, 1.82) is 0 Å². The minimum atomic E-state index is 0.425. The molecule has 0 spiro atoms. The summed E-state index contributed by atoms with van der Waals surface area (Å²) in [5, 5.41) is 4.32. The molecule has 3 nitrogen and oxygen atoms in total. The molecule has 0 bridgehead atoms. The van der Waals surface area contributed by atoms with Gasteiger partial charge in [0.1, 0.15) is 0 Å². The minimum absolute atomic E-state index is 0.425. The summed E-state index contributed by atoms with van der Waals surface area (Å²) >= 11 is 6.06. The highest BCUT2D eigenvalue weighted by atomic mass is 35.5. The monoisotopic (exact) mass is 268 g/mol. The molecule has 1 fully saturated rings. The van der Waals surface area contributed by atoms with Crippen molar-refractivity contribution in [3.8, 4) is 0 Å². The van der Waals surface area contributed by atoms with E-state index in [9.17, 15) is 0 Å². The molecule has 0 aliphatic heterocycles. The summed E-state index contributed by atoms with van der Waals surface area (Å²) in [6, 6.07) is 6.46. The fraction of sp³-hybridized carbons (Fsp3) is 0.571. The largest absolute Gasteiger partial charge is 0.380 e. The number of benzene rings is 1. The topological polar surface area (TPSA) is 24.5 Å². The van der Waals surface area contributed by atoms with Gasteiger partial charge >= 0.3 is 0 Å². The lowest BCUT2D eigenvalue weighted by molar-refractivity contribution is 0.00300. The average Bonchev–Trinajstić information content (AvgIpc) is 2.26. The molecule has 0 heterocycles. The first-order chi connectivity index (χ1) is 8.60. The predicted octanol–water partition coefficient (Wildman–Crippen LogP) is 3.39. The zero-order valence-corrected chi connectivity index (χ0v) is 12.0. The van der Waals surface area contributed by atoms with E-state index < -0.39 is 0 Å². The highest BCUT2D eigenvalue weighted by molar-refractivity contribution is 6.31. The van der Waals surface area contributed by atoms with E-state index in [0.717, 1.165) is 30.2 Å². The fourth-order valence-corrected chi connectivity index (χ4v) is 2.46. The molecular formula is C14H21ClN2O. The van der Waals surface area contributed by atoms with Crippen LogP contribution in [0, 0.1) is 0 Å². The molecule has 100 valence electrons. The van der Waals surface area contributed by atoms with Crippen LogP contribution in [0.2, 0.25) is 5.02 Å². The van der Waals surface area contributed by atoms with Crippen LogP contribution >= 0.6 is 11.6 Å². The van der Waals surface area contributed by atoms with Crippen LogP contribution in [0.25, 0.3) is 0 Å². The van der Waals surface area contributed by atoms with E-state index >= 15 is 0 Å². The molecule has 0 atom stereocenters. The number of nitrogens with zero attached hydrogens (tertiary/aromatic N) is 1. The molecule has 2 rings (SSSR count).